The Morgan fingerprint density at radius 1 is 1.16 bits per heavy atom. The molecule has 0 radical (unpaired) electrons. The summed E-state index contributed by atoms with van der Waals surface area (Å²) in [6.07, 6.45) is -1.77. The molecule has 9 nitrogen and oxygen atoms in total. The van der Waals surface area contributed by atoms with Crippen LogP contribution in [0.2, 0.25) is 0 Å². The fourth-order valence-corrected chi connectivity index (χ4v) is 3.33. The van der Waals surface area contributed by atoms with Crippen LogP contribution in [0.5, 0.6) is 5.88 Å². The van der Waals surface area contributed by atoms with E-state index in [1.807, 2.05) is 6.92 Å². The van der Waals surface area contributed by atoms with Crippen molar-refractivity contribution < 1.29 is 32.6 Å². The molecular weight excluding hydrogens is 433 g/mol. The minimum absolute atomic E-state index is 0.150. The van der Waals surface area contributed by atoms with Crippen molar-refractivity contribution in [1.82, 2.24) is 9.97 Å². The van der Waals surface area contributed by atoms with E-state index in [1.165, 1.54) is 18.5 Å². The Bertz CT molecular complexity index is 903. The molecule has 3 rings (SSSR count). The Morgan fingerprint density at radius 3 is 2.44 bits per heavy atom. The maximum absolute atomic E-state index is 12.7. The average molecular weight is 456 g/mol. The van der Waals surface area contributed by atoms with Crippen molar-refractivity contribution in [2.75, 3.05) is 31.2 Å². The topological polar surface area (TPSA) is 99.9 Å². The first-order valence-electron chi connectivity index (χ1n) is 10.1. The van der Waals surface area contributed by atoms with Crippen LogP contribution in [0.25, 0.3) is 0 Å². The van der Waals surface area contributed by atoms with Gasteiger partial charge in [0.2, 0.25) is 5.82 Å². The number of halogens is 3. The van der Waals surface area contributed by atoms with Crippen molar-refractivity contribution in [1.29, 1.82) is 0 Å². The normalized spacial score (nSPS) is 15.1. The van der Waals surface area contributed by atoms with Gasteiger partial charge in [-0.15, -0.1) is 0 Å². The largest absolute Gasteiger partial charge is 0.468 e. The Balaban J connectivity index is 1.68. The molecule has 2 heterocycles. The van der Waals surface area contributed by atoms with E-state index in [2.05, 4.69) is 9.97 Å². The summed E-state index contributed by atoms with van der Waals surface area (Å²) in [4.78, 5) is 30.9. The van der Waals surface area contributed by atoms with Crippen LogP contribution in [0.4, 0.5) is 24.7 Å². The number of anilines is 1. The molecule has 32 heavy (non-hydrogen) atoms. The van der Waals surface area contributed by atoms with Crippen LogP contribution in [-0.4, -0.2) is 41.2 Å². The highest BCUT2D eigenvalue weighted by Gasteiger charge is 2.32. The van der Waals surface area contributed by atoms with Gasteiger partial charge in [-0.3, -0.25) is 10.1 Å². The number of nitrogens with zero attached hydrogens (tertiary/aromatic N) is 4. The monoisotopic (exact) mass is 456 g/mol. The summed E-state index contributed by atoms with van der Waals surface area (Å²) in [6, 6.07) is 4.37. The minimum atomic E-state index is -4.44. The zero-order chi connectivity index (χ0) is 23.1. The fraction of sp³-hybridized carbons (Fsp3) is 0.500. The molecule has 0 aliphatic carbocycles. The molecule has 1 aliphatic heterocycles. The summed E-state index contributed by atoms with van der Waals surface area (Å²) >= 11 is 0. The van der Waals surface area contributed by atoms with Crippen LogP contribution in [0.3, 0.4) is 0 Å². The van der Waals surface area contributed by atoms with Gasteiger partial charge in [-0.25, -0.2) is 14.8 Å². The van der Waals surface area contributed by atoms with Crippen molar-refractivity contribution in [3.63, 3.8) is 0 Å². The molecule has 174 valence electrons. The Morgan fingerprint density at radius 2 is 1.84 bits per heavy atom. The highest BCUT2D eigenvalue weighted by Crippen LogP contribution is 2.36. The quantitative estimate of drug-likeness (QED) is 0.240. The number of benzene rings is 1. The van der Waals surface area contributed by atoms with Crippen molar-refractivity contribution >= 4 is 11.5 Å². The van der Waals surface area contributed by atoms with Gasteiger partial charge < -0.3 is 9.64 Å². The number of piperidine rings is 1. The van der Waals surface area contributed by atoms with E-state index < -0.39 is 16.7 Å². The third kappa shape index (κ3) is 6.04. The Kier molecular flexibility index (Phi) is 7.80. The van der Waals surface area contributed by atoms with Crippen molar-refractivity contribution in [2.24, 2.45) is 5.92 Å². The molecule has 0 amide bonds. The van der Waals surface area contributed by atoms with Gasteiger partial charge in [0.1, 0.15) is 12.9 Å². The summed E-state index contributed by atoms with van der Waals surface area (Å²) in [5, 5.41) is 11.7. The highest BCUT2D eigenvalue weighted by molar-refractivity contribution is 5.62. The fourth-order valence-electron chi connectivity index (χ4n) is 3.33. The zero-order valence-electron chi connectivity index (χ0n) is 17.4. The molecule has 0 spiro atoms. The molecule has 2 aromatic rings. The lowest BCUT2D eigenvalue weighted by Crippen LogP contribution is -2.36. The van der Waals surface area contributed by atoms with E-state index in [0.29, 0.717) is 31.9 Å². The second-order valence-electron chi connectivity index (χ2n) is 7.21. The van der Waals surface area contributed by atoms with Crippen LogP contribution < -0.4 is 9.64 Å². The predicted octanol–water partition coefficient (Wildman–Crippen LogP) is 4.17. The van der Waals surface area contributed by atoms with Crippen LogP contribution in [-0.2, 0) is 22.6 Å². The molecule has 12 heteroatoms. The van der Waals surface area contributed by atoms with Gasteiger partial charge in [0.25, 0.3) is 5.88 Å². The van der Waals surface area contributed by atoms with Gasteiger partial charge in [-0.05, 0) is 43.4 Å². The van der Waals surface area contributed by atoms with E-state index >= 15 is 0 Å². The van der Waals surface area contributed by atoms with Crippen LogP contribution >= 0.6 is 0 Å². The smallest absolute Gasteiger partial charge is 0.416 e. The first-order valence-corrected chi connectivity index (χ1v) is 10.1. The van der Waals surface area contributed by atoms with Gasteiger partial charge >= 0.3 is 11.9 Å². The number of nitro groups is 1. The summed E-state index contributed by atoms with van der Waals surface area (Å²) in [5.41, 5.74) is -0.738. The van der Waals surface area contributed by atoms with Gasteiger partial charge in [-0.2, -0.15) is 18.2 Å². The van der Waals surface area contributed by atoms with E-state index in [9.17, 15) is 23.3 Å². The average Bonchev–Trinajstić information content (AvgIpc) is 2.77. The van der Waals surface area contributed by atoms with Gasteiger partial charge in [0, 0.05) is 13.1 Å². The molecule has 0 bridgehead atoms. The molecule has 0 atom stereocenters. The van der Waals surface area contributed by atoms with E-state index in [1.54, 1.807) is 4.90 Å². The number of hydrogen-bond acceptors (Lipinski definition) is 8. The van der Waals surface area contributed by atoms with Crippen molar-refractivity contribution in [3.05, 3.63) is 51.8 Å². The Hall–Kier alpha value is -2.99. The number of aromatic nitrogens is 2. The first kappa shape index (κ1) is 23.7. The summed E-state index contributed by atoms with van der Waals surface area (Å²) in [7, 11) is 0. The minimum Gasteiger partial charge on any atom is -0.468 e. The van der Waals surface area contributed by atoms with Gasteiger partial charge in [0.05, 0.1) is 23.7 Å². The highest BCUT2D eigenvalue weighted by atomic mass is 19.4. The lowest BCUT2D eigenvalue weighted by molar-refractivity contribution is -0.385. The molecular formula is C20H23F3N4O5. The number of rotatable bonds is 9. The van der Waals surface area contributed by atoms with Crippen LogP contribution in [0.1, 0.15) is 30.9 Å². The lowest BCUT2D eigenvalue weighted by Gasteiger charge is -2.32. The second-order valence-corrected chi connectivity index (χ2v) is 7.21. The molecule has 1 aromatic carbocycles. The molecule has 0 unspecified atom stereocenters. The summed E-state index contributed by atoms with van der Waals surface area (Å²) in [5.74, 6) is 0.187. The van der Waals surface area contributed by atoms with Crippen LogP contribution in [0, 0.1) is 16.0 Å². The zero-order valence-corrected chi connectivity index (χ0v) is 17.4. The molecule has 1 saturated heterocycles. The predicted molar refractivity (Wildman–Crippen MR) is 107 cm³/mol. The SMILES string of the molecule is CCOOCC1CCN(c2ncnc(OCc3ccc(C(F)(F)F)cc3)c2[N+](=O)[O-])CC1. The van der Waals surface area contributed by atoms with E-state index in [4.69, 9.17) is 14.5 Å². The number of ether oxygens (including phenoxy) is 1. The molecule has 1 fully saturated rings. The van der Waals surface area contributed by atoms with Crippen molar-refractivity contribution in [3.8, 4) is 5.88 Å². The lowest BCUT2D eigenvalue weighted by atomic mass is 9.98. The first-order chi connectivity index (χ1) is 15.3. The van der Waals surface area contributed by atoms with Gasteiger partial charge in [-0.1, -0.05) is 12.1 Å². The standard InChI is InChI=1S/C20H23F3N4O5/c1-2-31-32-12-15-7-9-26(10-8-15)18-17(27(28)29)19(25-13-24-18)30-11-14-3-5-16(6-4-14)20(21,22)23/h3-6,13,15H,2,7-12H2,1H3. The molecule has 1 aromatic heterocycles. The van der Waals surface area contributed by atoms with E-state index in [0.717, 1.165) is 25.0 Å². The van der Waals surface area contributed by atoms with E-state index in [-0.39, 0.29) is 29.9 Å². The van der Waals surface area contributed by atoms with Crippen LogP contribution in [0.15, 0.2) is 30.6 Å². The molecule has 0 N–H and O–H groups in total. The summed E-state index contributed by atoms with van der Waals surface area (Å²) < 4.78 is 43.6. The Labute approximate surface area is 182 Å². The maximum atomic E-state index is 12.7. The van der Waals surface area contributed by atoms with Crippen molar-refractivity contribution in [2.45, 2.75) is 32.5 Å². The third-order valence-electron chi connectivity index (χ3n) is 5.03. The number of alkyl halides is 3. The summed E-state index contributed by atoms with van der Waals surface area (Å²) in [6.45, 7) is 3.64. The van der Waals surface area contributed by atoms with Gasteiger partial charge in [0.15, 0.2) is 0 Å². The maximum Gasteiger partial charge on any atom is 0.416 e. The number of hydrogen-bond donors (Lipinski definition) is 0. The molecule has 1 aliphatic rings. The third-order valence-corrected chi connectivity index (χ3v) is 5.03. The second kappa shape index (κ2) is 10.6. The molecule has 0 saturated carbocycles.